The van der Waals surface area contributed by atoms with Gasteiger partial charge in [0, 0.05) is 38.0 Å². The van der Waals surface area contributed by atoms with Crippen LogP contribution in [0.2, 0.25) is 0 Å². The van der Waals surface area contributed by atoms with E-state index in [1.165, 1.54) is 38.4 Å². The maximum absolute atomic E-state index is 11.9. The fraction of sp³-hybridized carbons (Fsp3) is 0.238. The normalized spacial score (nSPS) is 15.0. The highest BCUT2D eigenvalue weighted by Crippen LogP contribution is 2.24. The number of cyclic esters (lactones) is 2. The molecule has 0 bridgehead atoms. The summed E-state index contributed by atoms with van der Waals surface area (Å²) in [6.07, 6.45) is 2.67. The summed E-state index contributed by atoms with van der Waals surface area (Å²) in [5.41, 5.74) is 0.685. The van der Waals surface area contributed by atoms with E-state index in [1.54, 1.807) is 31.2 Å². The van der Waals surface area contributed by atoms with Gasteiger partial charge in [-0.1, -0.05) is 0 Å². The summed E-state index contributed by atoms with van der Waals surface area (Å²) in [6, 6.07) is 9.67. The van der Waals surface area contributed by atoms with Crippen molar-refractivity contribution < 1.29 is 33.3 Å². The first-order valence-electron chi connectivity index (χ1n) is 9.12. The maximum Gasteiger partial charge on any atom is 0.350 e. The lowest BCUT2D eigenvalue weighted by atomic mass is 10.2. The van der Waals surface area contributed by atoms with Crippen molar-refractivity contribution in [1.82, 2.24) is 4.98 Å². The number of esters is 3. The van der Waals surface area contributed by atoms with E-state index < -0.39 is 23.7 Å². The van der Waals surface area contributed by atoms with Crippen LogP contribution in [0.4, 0.5) is 5.69 Å². The molecule has 0 aliphatic carbocycles. The standard InChI is InChI=1S/C21H20N2O7/c1-4-27-18(24)13-9-10-22-17(11-13)28-15-7-5-14(6-8-15)23-12-16-19(25)29-21(2,3)30-20(16)26/h5-12,23H,4H2,1-3H3. The van der Waals surface area contributed by atoms with Crippen molar-refractivity contribution in [2.75, 3.05) is 11.9 Å². The number of hydrogen-bond donors (Lipinski definition) is 1. The summed E-state index contributed by atoms with van der Waals surface area (Å²) < 4.78 is 20.6. The smallest absolute Gasteiger partial charge is 0.350 e. The number of benzene rings is 1. The van der Waals surface area contributed by atoms with E-state index in [1.807, 2.05) is 0 Å². The topological polar surface area (TPSA) is 113 Å². The lowest BCUT2D eigenvalue weighted by Crippen LogP contribution is -2.42. The number of nitrogens with zero attached hydrogens (tertiary/aromatic N) is 1. The van der Waals surface area contributed by atoms with E-state index >= 15 is 0 Å². The van der Waals surface area contributed by atoms with Crippen LogP contribution in [-0.2, 0) is 23.8 Å². The quantitative estimate of drug-likeness (QED) is 0.434. The largest absolute Gasteiger partial charge is 0.462 e. The van der Waals surface area contributed by atoms with Gasteiger partial charge in [0.05, 0.1) is 12.2 Å². The Labute approximate surface area is 172 Å². The molecule has 0 saturated carbocycles. The molecule has 0 amide bonds. The van der Waals surface area contributed by atoms with Gasteiger partial charge >= 0.3 is 17.9 Å². The zero-order chi connectivity index (χ0) is 21.7. The Morgan fingerprint density at radius 2 is 1.80 bits per heavy atom. The van der Waals surface area contributed by atoms with Crippen molar-refractivity contribution in [3.63, 3.8) is 0 Å². The van der Waals surface area contributed by atoms with E-state index in [0.29, 0.717) is 17.0 Å². The highest BCUT2D eigenvalue weighted by atomic mass is 16.7. The Balaban J connectivity index is 1.65. The zero-order valence-corrected chi connectivity index (χ0v) is 16.6. The maximum atomic E-state index is 11.9. The first-order chi connectivity index (χ1) is 14.3. The summed E-state index contributed by atoms with van der Waals surface area (Å²) in [5.74, 6) is -2.57. The number of carbonyl (C=O) groups excluding carboxylic acids is 3. The van der Waals surface area contributed by atoms with Crippen molar-refractivity contribution in [2.45, 2.75) is 26.6 Å². The highest BCUT2D eigenvalue weighted by molar-refractivity contribution is 6.15. The molecular formula is C21H20N2O7. The van der Waals surface area contributed by atoms with Crippen LogP contribution in [0.5, 0.6) is 11.6 Å². The van der Waals surface area contributed by atoms with Gasteiger partial charge in [0.2, 0.25) is 5.88 Å². The number of rotatable bonds is 6. The number of hydrogen-bond acceptors (Lipinski definition) is 9. The van der Waals surface area contributed by atoms with E-state index in [0.717, 1.165) is 0 Å². The van der Waals surface area contributed by atoms with Crippen molar-refractivity contribution in [2.24, 2.45) is 0 Å². The molecule has 2 aromatic rings. The van der Waals surface area contributed by atoms with Crippen LogP contribution in [-0.4, -0.2) is 35.3 Å². The first kappa shape index (κ1) is 20.8. The van der Waals surface area contributed by atoms with Gasteiger partial charge in [0.1, 0.15) is 5.75 Å². The summed E-state index contributed by atoms with van der Waals surface area (Å²) in [4.78, 5) is 39.7. The fourth-order valence-electron chi connectivity index (χ4n) is 2.48. The lowest BCUT2D eigenvalue weighted by molar-refractivity contribution is -0.222. The van der Waals surface area contributed by atoms with E-state index in [2.05, 4.69) is 10.3 Å². The second-order valence-electron chi connectivity index (χ2n) is 6.61. The highest BCUT2D eigenvalue weighted by Gasteiger charge is 2.38. The second-order valence-corrected chi connectivity index (χ2v) is 6.61. The number of anilines is 1. The average molecular weight is 412 g/mol. The van der Waals surface area contributed by atoms with E-state index in [9.17, 15) is 14.4 Å². The Morgan fingerprint density at radius 3 is 2.43 bits per heavy atom. The molecule has 2 heterocycles. The molecule has 0 radical (unpaired) electrons. The molecular weight excluding hydrogens is 392 g/mol. The summed E-state index contributed by atoms with van der Waals surface area (Å²) >= 11 is 0. The monoisotopic (exact) mass is 412 g/mol. The SMILES string of the molecule is CCOC(=O)c1ccnc(Oc2ccc(NC=C3C(=O)OC(C)(C)OC3=O)cc2)c1. The van der Waals surface area contributed by atoms with Gasteiger partial charge in [-0.3, -0.25) is 0 Å². The molecule has 9 heteroatoms. The number of carbonyl (C=O) groups is 3. The molecule has 1 aromatic heterocycles. The molecule has 0 unspecified atom stereocenters. The second kappa shape index (κ2) is 8.64. The van der Waals surface area contributed by atoms with E-state index in [-0.39, 0.29) is 18.1 Å². The molecule has 1 saturated heterocycles. The first-order valence-corrected chi connectivity index (χ1v) is 9.12. The minimum absolute atomic E-state index is 0.235. The van der Waals surface area contributed by atoms with Gasteiger partial charge in [-0.2, -0.15) is 0 Å². The predicted octanol–water partition coefficient (Wildman–Crippen LogP) is 3.18. The van der Waals surface area contributed by atoms with Gasteiger partial charge in [0.25, 0.3) is 5.79 Å². The predicted molar refractivity (Wildman–Crippen MR) is 105 cm³/mol. The third kappa shape index (κ3) is 5.13. The van der Waals surface area contributed by atoms with Crippen molar-refractivity contribution in [3.05, 3.63) is 59.9 Å². The van der Waals surface area contributed by atoms with Gasteiger partial charge in [-0.05, 0) is 37.3 Å². The van der Waals surface area contributed by atoms with Crippen LogP contribution < -0.4 is 10.1 Å². The molecule has 156 valence electrons. The minimum Gasteiger partial charge on any atom is -0.462 e. The van der Waals surface area contributed by atoms with Crippen molar-refractivity contribution in [1.29, 1.82) is 0 Å². The summed E-state index contributed by atoms with van der Waals surface area (Å²) in [6.45, 7) is 4.95. The van der Waals surface area contributed by atoms with Gasteiger partial charge in [-0.15, -0.1) is 0 Å². The molecule has 30 heavy (non-hydrogen) atoms. The van der Waals surface area contributed by atoms with Crippen LogP contribution in [0.15, 0.2) is 54.4 Å². The number of pyridine rings is 1. The minimum atomic E-state index is -1.29. The molecule has 1 aliphatic heterocycles. The van der Waals surface area contributed by atoms with Gasteiger partial charge in [0.15, 0.2) is 5.57 Å². The molecule has 0 spiro atoms. The van der Waals surface area contributed by atoms with Crippen LogP contribution in [0.25, 0.3) is 0 Å². The van der Waals surface area contributed by atoms with Gasteiger partial charge in [-0.25, -0.2) is 19.4 Å². The molecule has 0 atom stereocenters. The summed E-state index contributed by atoms with van der Waals surface area (Å²) in [5, 5.41) is 2.84. The number of aromatic nitrogens is 1. The Hall–Kier alpha value is -3.88. The van der Waals surface area contributed by atoms with Gasteiger partial charge < -0.3 is 24.3 Å². The van der Waals surface area contributed by atoms with Crippen LogP contribution in [0.3, 0.4) is 0 Å². The third-order valence-electron chi connectivity index (χ3n) is 3.82. The number of ether oxygens (including phenoxy) is 4. The number of nitrogens with one attached hydrogen (secondary N) is 1. The van der Waals surface area contributed by atoms with E-state index in [4.69, 9.17) is 18.9 Å². The Kier molecular flexibility index (Phi) is 6.01. The molecule has 1 N–H and O–H groups in total. The molecule has 1 fully saturated rings. The molecule has 9 nitrogen and oxygen atoms in total. The molecule has 1 aliphatic rings. The Bertz CT molecular complexity index is 975. The average Bonchev–Trinajstić information content (AvgIpc) is 2.68. The van der Waals surface area contributed by atoms with Crippen LogP contribution in [0.1, 0.15) is 31.1 Å². The fourth-order valence-corrected chi connectivity index (χ4v) is 2.48. The summed E-state index contributed by atoms with van der Waals surface area (Å²) in [7, 11) is 0. The lowest BCUT2D eigenvalue weighted by Gasteiger charge is -2.29. The van der Waals surface area contributed by atoms with Crippen LogP contribution >= 0.6 is 0 Å². The Morgan fingerprint density at radius 1 is 1.13 bits per heavy atom. The van der Waals surface area contributed by atoms with Crippen molar-refractivity contribution >= 4 is 23.6 Å². The zero-order valence-electron chi connectivity index (χ0n) is 16.6. The molecule has 3 rings (SSSR count). The third-order valence-corrected chi connectivity index (χ3v) is 3.82. The van der Waals surface area contributed by atoms with Crippen molar-refractivity contribution in [3.8, 4) is 11.6 Å². The molecule has 1 aromatic carbocycles. The van der Waals surface area contributed by atoms with Crippen LogP contribution in [0, 0.1) is 0 Å².